The molecule has 0 aromatic rings. The number of alkyl halides is 2. The van der Waals surface area contributed by atoms with Gasteiger partial charge in [-0.2, -0.15) is 0 Å². The fourth-order valence-electron chi connectivity index (χ4n) is 0.871. The molecule has 0 radical (unpaired) electrons. The average molecular weight is 118 g/mol. The highest BCUT2D eigenvalue weighted by Gasteiger charge is 2.63. The molecule has 0 nitrogen and oxygen atoms in total. The van der Waals surface area contributed by atoms with Gasteiger partial charge < -0.3 is 0 Å². The Morgan fingerprint density at radius 1 is 1.62 bits per heavy atom. The molecule has 0 aromatic carbocycles. The zero-order valence-electron chi connectivity index (χ0n) is 4.70. The van der Waals surface area contributed by atoms with Crippen LogP contribution in [0.5, 0.6) is 0 Å². The summed E-state index contributed by atoms with van der Waals surface area (Å²) < 4.78 is 24.2. The van der Waals surface area contributed by atoms with Crippen molar-refractivity contribution in [2.24, 2.45) is 11.8 Å². The molecule has 0 N–H and O–H groups in total. The summed E-state index contributed by atoms with van der Waals surface area (Å²) in [5.74, 6) is -3.47. The molecule has 2 unspecified atom stereocenters. The third-order valence-corrected chi connectivity index (χ3v) is 1.74. The Morgan fingerprint density at radius 3 is 2.00 bits per heavy atom. The molecular weight excluding hydrogens is 110 g/mol. The van der Waals surface area contributed by atoms with Gasteiger partial charge in [-0.15, -0.1) is 6.58 Å². The summed E-state index contributed by atoms with van der Waals surface area (Å²) in [5.41, 5.74) is 0. The summed E-state index contributed by atoms with van der Waals surface area (Å²) >= 11 is 0. The van der Waals surface area contributed by atoms with E-state index in [4.69, 9.17) is 0 Å². The Kier molecular flexibility index (Phi) is 0.934. The molecule has 0 aliphatic heterocycles. The van der Waals surface area contributed by atoms with E-state index in [0.717, 1.165) is 0 Å². The van der Waals surface area contributed by atoms with E-state index >= 15 is 0 Å². The first-order valence-electron chi connectivity index (χ1n) is 2.61. The maximum Gasteiger partial charge on any atom is 0.258 e. The molecule has 0 amide bonds. The van der Waals surface area contributed by atoms with Gasteiger partial charge in [0.25, 0.3) is 5.92 Å². The minimum absolute atomic E-state index is 0.472. The van der Waals surface area contributed by atoms with Crippen molar-refractivity contribution >= 4 is 0 Å². The Bertz CT molecular complexity index is 118. The van der Waals surface area contributed by atoms with Crippen LogP contribution in [0.3, 0.4) is 0 Å². The van der Waals surface area contributed by atoms with Gasteiger partial charge in [-0.25, -0.2) is 8.78 Å². The summed E-state index contributed by atoms with van der Waals surface area (Å²) in [5, 5.41) is 0. The highest BCUT2D eigenvalue weighted by molar-refractivity contribution is 5.10. The van der Waals surface area contributed by atoms with Gasteiger partial charge in [-0.1, -0.05) is 13.0 Å². The molecular formula is C6H8F2. The topological polar surface area (TPSA) is 0 Å². The van der Waals surface area contributed by atoms with Crippen LogP contribution in [-0.4, -0.2) is 5.92 Å². The third-order valence-electron chi connectivity index (χ3n) is 1.74. The summed E-state index contributed by atoms with van der Waals surface area (Å²) in [4.78, 5) is 0. The van der Waals surface area contributed by atoms with E-state index in [1.807, 2.05) is 0 Å². The van der Waals surface area contributed by atoms with Crippen molar-refractivity contribution in [3.63, 3.8) is 0 Å². The molecule has 1 fully saturated rings. The van der Waals surface area contributed by atoms with Gasteiger partial charge in [0.05, 0.1) is 0 Å². The van der Waals surface area contributed by atoms with Gasteiger partial charge in [0.15, 0.2) is 0 Å². The van der Waals surface area contributed by atoms with Crippen molar-refractivity contribution in [3.05, 3.63) is 12.7 Å². The number of halogens is 2. The van der Waals surface area contributed by atoms with Gasteiger partial charge in [0.1, 0.15) is 0 Å². The second-order valence-electron chi connectivity index (χ2n) is 2.22. The van der Waals surface area contributed by atoms with Gasteiger partial charge in [0, 0.05) is 11.8 Å². The number of hydrogen-bond acceptors (Lipinski definition) is 0. The van der Waals surface area contributed by atoms with Crippen LogP contribution in [0.2, 0.25) is 0 Å². The van der Waals surface area contributed by atoms with Crippen molar-refractivity contribution in [2.75, 3.05) is 0 Å². The Morgan fingerprint density at radius 2 is 2.00 bits per heavy atom. The highest BCUT2D eigenvalue weighted by atomic mass is 19.3. The zero-order chi connectivity index (χ0) is 6.36. The van der Waals surface area contributed by atoms with Crippen LogP contribution in [0, 0.1) is 11.8 Å². The molecule has 2 heteroatoms. The van der Waals surface area contributed by atoms with Crippen LogP contribution in [0.1, 0.15) is 6.92 Å². The van der Waals surface area contributed by atoms with E-state index in [1.54, 1.807) is 0 Å². The molecule has 0 aromatic heterocycles. The highest BCUT2D eigenvalue weighted by Crippen LogP contribution is 2.55. The van der Waals surface area contributed by atoms with Crippen molar-refractivity contribution < 1.29 is 8.78 Å². The van der Waals surface area contributed by atoms with Crippen LogP contribution in [0.15, 0.2) is 12.7 Å². The molecule has 0 bridgehead atoms. The summed E-state index contributed by atoms with van der Waals surface area (Å²) in [6.07, 6.45) is 1.32. The van der Waals surface area contributed by atoms with Gasteiger partial charge in [-0.3, -0.25) is 0 Å². The van der Waals surface area contributed by atoms with Crippen molar-refractivity contribution in [1.29, 1.82) is 0 Å². The predicted octanol–water partition coefficient (Wildman–Crippen LogP) is 2.07. The molecule has 1 saturated carbocycles. The second kappa shape index (κ2) is 1.30. The van der Waals surface area contributed by atoms with E-state index in [-0.39, 0.29) is 0 Å². The SMILES string of the molecule is C=CC1C(C)C1(F)F. The third kappa shape index (κ3) is 0.487. The van der Waals surface area contributed by atoms with E-state index in [1.165, 1.54) is 13.0 Å². The molecule has 0 spiro atoms. The normalized spacial score (nSPS) is 41.4. The first-order chi connectivity index (χ1) is 3.60. The van der Waals surface area contributed by atoms with E-state index < -0.39 is 17.8 Å². The number of hydrogen-bond donors (Lipinski definition) is 0. The lowest BCUT2D eigenvalue weighted by Gasteiger charge is -1.85. The van der Waals surface area contributed by atoms with E-state index in [0.29, 0.717) is 0 Å². The van der Waals surface area contributed by atoms with Crippen molar-refractivity contribution in [1.82, 2.24) is 0 Å². The van der Waals surface area contributed by atoms with Crippen molar-refractivity contribution in [2.45, 2.75) is 12.8 Å². The average Bonchev–Trinajstić information content (AvgIpc) is 2.09. The Balaban J connectivity index is 2.57. The zero-order valence-corrected chi connectivity index (χ0v) is 4.70. The molecule has 0 saturated heterocycles. The molecule has 46 valence electrons. The van der Waals surface area contributed by atoms with Crippen LogP contribution in [-0.2, 0) is 0 Å². The van der Waals surface area contributed by atoms with Crippen LogP contribution in [0.4, 0.5) is 8.78 Å². The smallest absolute Gasteiger partial charge is 0.206 e. The summed E-state index contributed by atoms with van der Waals surface area (Å²) in [7, 11) is 0. The van der Waals surface area contributed by atoms with E-state index in [9.17, 15) is 8.78 Å². The lowest BCUT2D eigenvalue weighted by molar-refractivity contribution is 0.0929. The lowest BCUT2D eigenvalue weighted by Crippen LogP contribution is -1.90. The first kappa shape index (κ1) is 5.73. The monoisotopic (exact) mass is 118 g/mol. The number of rotatable bonds is 1. The van der Waals surface area contributed by atoms with Gasteiger partial charge in [0.2, 0.25) is 0 Å². The minimum Gasteiger partial charge on any atom is -0.206 e. The molecule has 0 heterocycles. The second-order valence-corrected chi connectivity index (χ2v) is 2.22. The first-order valence-corrected chi connectivity index (χ1v) is 2.61. The Labute approximate surface area is 47.2 Å². The molecule has 2 atom stereocenters. The summed E-state index contributed by atoms with van der Waals surface area (Å²) in [6.45, 7) is 4.82. The fraction of sp³-hybridized carbons (Fsp3) is 0.667. The maximum atomic E-state index is 12.1. The largest absolute Gasteiger partial charge is 0.258 e. The number of allylic oxidation sites excluding steroid dienone is 1. The van der Waals surface area contributed by atoms with Crippen molar-refractivity contribution in [3.8, 4) is 0 Å². The van der Waals surface area contributed by atoms with Gasteiger partial charge >= 0.3 is 0 Å². The van der Waals surface area contributed by atoms with Crippen LogP contribution >= 0.6 is 0 Å². The fourth-order valence-corrected chi connectivity index (χ4v) is 0.871. The molecule has 8 heavy (non-hydrogen) atoms. The molecule has 1 aliphatic carbocycles. The van der Waals surface area contributed by atoms with Crippen LogP contribution in [0.25, 0.3) is 0 Å². The van der Waals surface area contributed by atoms with Crippen LogP contribution < -0.4 is 0 Å². The lowest BCUT2D eigenvalue weighted by atomic mass is 10.3. The molecule has 1 aliphatic rings. The molecule has 1 rings (SSSR count). The maximum absolute atomic E-state index is 12.1. The standard InChI is InChI=1S/C6H8F2/c1-3-5-4(2)6(5,7)8/h3-5H,1H2,2H3. The van der Waals surface area contributed by atoms with Gasteiger partial charge in [-0.05, 0) is 0 Å². The van der Waals surface area contributed by atoms with E-state index in [2.05, 4.69) is 6.58 Å². The summed E-state index contributed by atoms with van der Waals surface area (Å²) in [6, 6.07) is 0. The Hall–Kier alpha value is -0.400. The predicted molar refractivity (Wildman–Crippen MR) is 27.8 cm³/mol. The quantitative estimate of drug-likeness (QED) is 0.462. The minimum atomic E-state index is -2.44.